The van der Waals surface area contributed by atoms with E-state index in [2.05, 4.69) is 5.32 Å². The second-order valence-corrected chi connectivity index (χ2v) is 4.65. The molecule has 0 saturated carbocycles. The van der Waals surface area contributed by atoms with Crippen LogP contribution in [0.25, 0.3) is 0 Å². The van der Waals surface area contributed by atoms with E-state index in [1.54, 1.807) is 6.07 Å². The van der Waals surface area contributed by atoms with E-state index >= 15 is 0 Å². The van der Waals surface area contributed by atoms with Gasteiger partial charge in [-0.15, -0.1) is 0 Å². The van der Waals surface area contributed by atoms with Crippen molar-refractivity contribution in [3.63, 3.8) is 0 Å². The number of nitrogens with zero attached hydrogens (tertiary/aromatic N) is 1. The smallest absolute Gasteiger partial charge is 0.317 e. The van der Waals surface area contributed by atoms with Gasteiger partial charge >= 0.3 is 6.03 Å². The number of carbonyl (C=O) groups excluding carboxylic acids is 1. The van der Waals surface area contributed by atoms with Crippen molar-refractivity contribution in [2.24, 2.45) is 0 Å². The van der Waals surface area contributed by atoms with Crippen LogP contribution in [-0.2, 0) is 6.42 Å². The van der Waals surface area contributed by atoms with E-state index in [-0.39, 0.29) is 24.5 Å². The van der Waals surface area contributed by atoms with E-state index in [4.69, 9.17) is 5.11 Å². The summed E-state index contributed by atoms with van der Waals surface area (Å²) in [6.07, 6.45) is 1.37. The summed E-state index contributed by atoms with van der Waals surface area (Å²) in [5, 5.41) is 11.8. The largest absolute Gasteiger partial charge is 0.395 e. The van der Waals surface area contributed by atoms with Crippen molar-refractivity contribution >= 4 is 6.03 Å². The molecule has 0 spiro atoms. The molecule has 104 valence electrons. The van der Waals surface area contributed by atoms with Gasteiger partial charge in [-0.05, 0) is 37.0 Å². The molecule has 1 unspecified atom stereocenters. The van der Waals surface area contributed by atoms with Crippen LogP contribution in [0, 0.1) is 5.82 Å². The van der Waals surface area contributed by atoms with E-state index < -0.39 is 0 Å². The fourth-order valence-corrected chi connectivity index (χ4v) is 2.52. The third kappa shape index (κ3) is 2.87. The van der Waals surface area contributed by atoms with Gasteiger partial charge in [-0.2, -0.15) is 0 Å². The molecule has 5 heteroatoms. The van der Waals surface area contributed by atoms with Gasteiger partial charge in [0.15, 0.2) is 0 Å². The van der Waals surface area contributed by atoms with Crippen molar-refractivity contribution in [3.05, 3.63) is 35.1 Å². The highest BCUT2D eigenvalue weighted by Gasteiger charge is 2.27. The molecule has 2 N–H and O–H groups in total. The van der Waals surface area contributed by atoms with E-state index in [1.807, 2.05) is 13.0 Å². The number of nitrogens with one attached hydrogen (secondary N) is 1. The van der Waals surface area contributed by atoms with Gasteiger partial charge in [-0.25, -0.2) is 9.18 Å². The van der Waals surface area contributed by atoms with Crippen LogP contribution in [0.15, 0.2) is 18.2 Å². The molecule has 2 amide bonds. The predicted octanol–water partition coefficient (Wildman–Crippen LogP) is 1.84. The number of rotatable bonds is 4. The summed E-state index contributed by atoms with van der Waals surface area (Å²) in [6, 6.07) is 4.64. The molecule has 1 aromatic carbocycles. The fraction of sp³-hybridized carbons (Fsp3) is 0.500. The molecular formula is C14H19FN2O2. The second-order valence-electron chi connectivity index (χ2n) is 4.65. The maximum Gasteiger partial charge on any atom is 0.317 e. The van der Waals surface area contributed by atoms with Gasteiger partial charge in [0.05, 0.1) is 12.6 Å². The highest BCUT2D eigenvalue weighted by molar-refractivity contribution is 5.75. The standard InChI is InChI=1S/C14H19FN2O2/c1-2-17(8-9-18)14(19)16-13-7-6-10-11(13)4-3-5-12(10)15/h3-5,13,18H,2,6-9H2,1H3,(H,16,19). The Morgan fingerprint density at radius 3 is 3.05 bits per heavy atom. The number of carbonyl (C=O) groups is 1. The highest BCUT2D eigenvalue weighted by atomic mass is 19.1. The minimum absolute atomic E-state index is 0.0584. The number of likely N-dealkylation sites (N-methyl/N-ethyl adjacent to an activating group) is 1. The van der Waals surface area contributed by atoms with Crippen molar-refractivity contribution in [2.45, 2.75) is 25.8 Å². The molecule has 1 aromatic rings. The number of aliphatic hydroxyl groups excluding tert-OH is 1. The number of hydrogen-bond donors (Lipinski definition) is 2. The maximum absolute atomic E-state index is 13.6. The molecule has 4 nitrogen and oxygen atoms in total. The van der Waals surface area contributed by atoms with Crippen LogP contribution in [0.3, 0.4) is 0 Å². The summed E-state index contributed by atoms with van der Waals surface area (Å²) in [5.41, 5.74) is 1.58. The van der Waals surface area contributed by atoms with Gasteiger partial charge in [0.2, 0.25) is 0 Å². The molecule has 1 aliphatic carbocycles. The van der Waals surface area contributed by atoms with Crippen molar-refractivity contribution in [1.82, 2.24) is 10.2 Å². The lowest BCUT2D eigenvalue weighted by molar-refractivity contribution is 0.177. The van der Waals surface area contributed by atoms with Crippen LogP contribution < -0.4 is 5.32 Å². The van der Waals surface area contributed by atoms with Crippen LogP contribution in [0.2, 0.25) is 0 Å². The number of amides is 2. The molecule has 0 fully saturated rings. The Balaban J connectivity index is 2.06. The number of benzene rings is 1. The van der Waals surface area contributed by atoms with Crippen molar-refractivity contribution in [1.29, 1.82) is 0 Å². The first-order valence-electron chi connectivity index (χ1n) is 6.61. The first kappa shape index (κ1) is 13.8. The number of urea groups is 1. The Morgan fingerprint density at radius 1 is 1.58 bits per heavy atom. The summed E-state index contributed by atoms with van der Waals surface area (Å²) in [6.45, 7) is 2.65. The molecule has 0 bridgehead atoms. The van der Waals surface area contributed by atoms with E-state index in [0.717, 1.165) is 12.0 Å². The molecule has 0 saturated heterocycles. The average molecular weight is 266 g/mol. The van der Waals surface area contributed by atoms with Crippen LogP contribution in [0.4, 0.5) is 9.18 Å². The van der Waals surface area contributed by atoms with E-state index in [0.29, 0.717) is 25.1 Å². The highest BCUT2D eigenvalue weighted by Crippen LogP contribution is 2.32. The van der Waals surface area contributed by atoms with Crippen molar-refractivity contribution in [2.75, 3.05) is 19.7 Å². The zero-order valence-electron chi connectivity index (χ0n) is 11.0. The number of halogens is 1. The summed E-state index contributed by atoms with van der Waals surface area (Å²) >= 11 is 0. The molecule has 0 heterocycles. The van der Waals surface area contributed by atoms with E-state index in [1.165, 1.54) is 11.0 Å². The molecular weight excluding hydrogens is 247 g/mol. The first-order chi connectivity index (χ1) is 9.17. The van der Waals surface area contributed by atoms with Crippen LogP contribution in [-0.4, -0.2) is 35.7 Å². The zero-order chi connectivity index (χ0) is 13.8. The minimum Gasteiger partial charge on any atom is -0.395 e. The van der Waals surface area contributed by atoms with Crippen LogP contribution >= 0.6 is 0 Å². The van der Waals surface area contributed by atoms with Gasteiger partial charge in [0.1, 0.15) is 5.82 Å². The van der Waals surface area contributed by atoms with Gasteiger partial charge in [0.25, 0.3) is 0 Å². The minimum atomic E-state index is -0.210. The summed E-state index contributed by atoms with van der Waals surface area (Å²) in [5.74, 6) is -0.197. The quantitative estimate of drug-likeness (QED) is 0.873. The Bertz CT molecular complexity index is 465. The zero-order valence-corrected chi connectivity index (χ0v) is 11.0. The molecule has 0 radical (unpaired) electrons. The lowest BCUT2D eigenvalue weighted by Gasteiger charge is -2.23. The van der Waals surface area contributed by atoms with Gasteiger partial charge in [-0.1, -0.05) is 12.1 Å². The molecule has 2 rings (SSSR count). The van der Waals surface area contributed by atoms with Crippen LogP contribution in [0.5, 0.6) is 0 Å². The molecule has 19 heavy (non-hydrogen) atoms. The molecule has 1 aliphatic rings. The monoisotopic (exact) mass is 266 g/mol. The lowest BCUT2D eigenvalue weighted by Crippen LogP contribution is -2.42. The first-order valence-corrected chi connectivity index (χ1v) is 6.61. The van der Waals surface area contributed by atoms with Gasteiger partial charge in [-0.3, -0.25) is 0 Å². The Kier molecular flexibility index (Phi) is 4.37. The van der Waals surface area contributed by atoms with Gasteiger partial charge < -0.3 is 15.3 Å². The lowest BCUT2D eigenvalue weighted by atomic mass is 10.1. The fourth-order valence-electron chi connectivity index (χ4n) is 2.52. The number of hydrogen-bond acceptors (Lipinski definition) is 2. The van der Waals surface area contributed by atoms with Crippen molar-refractivity contribution in [3.8, 4) is 0 Å². The van der Waals surface area contributed by atoms with Crippen LogP contribution in [0.1, 0.15) is 30.5 Å². The topological polar surface area (TPSA) is 52.6 Å². The Labute approximate surface area is 112 Å². The average Bonchev–Trinajstić information content (AvgIpc) is 2.80. The van der Waals surface area contributed by atoms with Gasteiger partial charge in [0, 0.05) is 13.1 Å². The normalized spacial score (nSPS) is 17.1. The maximum atomic E-state index is 13.6. The predicted molar refractivity (Wildman–Crippen MR) is 70.3 cm³/mol. The van der Waals surface area contributed by atoms with Crippen molar-refractivity contribution < 1.29 is 14.3 Å². The molecule has 1 atom stereocenters. The Morgan fingerprint density at radius 2 is 2.37 bits per heavy atom. The van der Waals surface area contributed by atoms with E-state index in [9.17, 15) is 9.18 Å². The SMILES string of the molecule is CCN(CCO)C(=O)NC1CCc2c(F)cccc21. The third-order valence-corrected chi connectivity index (χ3v) is 3.55. The third-order valence-electron chi connectivity index (χ3n) is 3.55. The number of aliphatic hydroxyl groups is 1. The molecule has 0 aliphatic heterocycles. The summed E-state index contributed by atoms with van der Waals surface area (Å²) < 4.78 is 13.6. The summed E-state index contributed by atoms with van der Waals surface area (Å²) in [4.78, 5) is 13.6. The Hall–Kier alpha value is -1.62. The number of fused-ring (bicyclic) bond motifs is 1. The molecule has 0 aromatic heterocycles. The second kappa shape index (κ2) is 6.02. The summed E-state index contributed by atoms with van der Waals surface area (Å²) in [7, 11) is 0.